The number of halogens is 5. The lowest BCUT2D eigenvalue weighted by Gasteiger charge is -2.31. The highest BCUT2D eigenvalue weighted by atomic mass is 32.1. The number of hydrogen-bond acceptors (Lipinski definition) is 7. The second-order valence-electron chi connectivity index (χ2n) is 10.0. The van der Waals surface area contributed by atoms with Crippen LogP contribution in [0.15, 0.2) is 48.0 Å². The third-order valence-electron chi connectivity index (χ3n) is 7.39. The highest BCUT2D eigenvalue weighted by Crippen LogP contribution is 2.52. The second-order valence-corrected chi connectivity index (χ2v) is 10.9. The molecule has 6 rings (SSSR count). The van der Waals surface area contributed by atoms with Gasteiger partial charge in [-0.25, -0.2) is 18.7 Å². The van der Waals surface area contributed by atoms with Crippen LogP contribution in [0.2, 0.25) is 0 Å². The van der Waals surface area contributed by atoms with Gasteiger partial charge >= 0.3 is 6.18 Å². The van der Waals surface area contributed by atoms with Crippen LogP contribution in [0.5, 0.6) is 5.75 Å². The number of carbonyl (C=O) groups excluding carboxylic acids is 1. The molecular formula is C27H21F5N4O3S. The number of benzene rings is 2. The first-order chi connectivity index (χ1) is 18.9. The van der Waals surface area contributed by atoms with E-state index in [2.05, 4.69) is 15.3 Å². The lowest BCUT2D eigenvalue weighted by molar-refractivity contribution is -0.191. The van der Waals surface area contributed by atoms with E-state index < -0.39 is 59.5 Å². The van der Waals surface area contributed by atoms with Crippen LogP contribution >= 0.6 is 11.3 Å². The van der Waals surface area contributed by atoms with Gasteiger partial charge in [-0.2, -0.15) is 13.2 Å². The molecule has 40 heavy (non-hydrogen) atoms. The van der Waals surface area contributed by atoms with Gasteiger partial charge in [0.2, 0.25) is 0 Å². The number of fused-ring (bicyclic) bond motifs is 2. The topological polar surface area (TPSA) is 110 Å². The smallest absolute Gasteiger partial charge is 0.414 e. The van der Waals surface area contributed by atoms with Crippen molar-refractivity contribution < 1.29 is 36.6 Å². The van der Waals surface area contributed by atoms with Crippen molar-refractivity contribution in [2.75, 3.05) is 13.2 Å². The number of rotatable bonds is 6. The minimum atomic E-state index is -4.90. The predicted molar refractivity (Wildman–Crippen MR) is 136 cm³/mol. The monoisotopic (exact) mass is 576 g/mol. The van der Waals surface area contributed by atoms with E-state index in [1.165, 1.54) is 23.7 Å². The molecule has 1 saturated carbocycles. The van der Waals surface area contributed by atoms with Crippen LogP contribution in [0.1, 0.15) is 34.5 Å². The van der Waals surface area contributed by atoms with Gasteiger partial charge < -0.3 is 20.9 Å². The predicted octanol–water partition coefficient (Wildman–Crippen LogP) is 4.77. The number of alkyl halides is 3. The summed E-state index contributed by atoms with van der Waals surface area (Å²) in [5.41, 5.74) is 2.27. The zero-order chi connectivity index (χ0) is 28.4. The summed E-state index contributed by atoms with van der Waals surface area (Å²) in [5.74, 6) is -2.59. The Morgan fingerprint density at radius 1 is 1.18 bits per heavy atom. The van der Waals surface area contributed by atoms with Crippen LogP contribution in [0.3, 0.4) is 0 Å². The molecule has 0 unspecified atom stereocenters. The molecule has 4 N–H and O–H groups in total. The van der Waals surface area contributed by atoms with Gasteiger partial charge in [0.15, 0.2) is 17.1 Å². The van der Waals surface area contributed by atoms with Crippen molar-refractivity contribution in [2.45, 2.75) is 30.2 Å². The summed E-state index contributed by atoms with van der Waals surface area (Å²) in [6.45, 7) is -1.33. The van der Waals surface area contributed by atoms with Gasteiger partial charge in [-0.15, -0.1) is 11.3 Å². The molecule has 1 aliphatic carbocycles. The fourth-order valence-electron chi connectivity index (χ4n) is 4.91. The summed E-state index contributed by atoms with van der Waals surface area (Å²) >= 11 is 1.15. The minimum Gasteiger partial charge on any atom is -0.488 e. The third-order valence-corrected chi connectivity index (χ3v) is 8.16. The van der Waals surface area contributed by atoms with Crippen molar-refractivity contribution >= 4 is 27.5 Å². The summed E-state index contributed by atoms with van der Waals surface area (Å²) in [4.78, 5) is 21.4. The maximum absolute atomic E-state index is 14.4. The number of nitrogens with one attached hydrogen (secondary N) is 1. The Labute approximate surface area is 227 Å². The Balaban J connectivity index is 1.41. The number of ether oxygens (including phenoxy) is 1. The molecule has 2 aromatic heterocycles. The molecule has 208 valence electrons. The highest BCUT2D eigenvalue weighted by molar-refractivity contribution is 7.16. The summed E-state index contributed by atoms with van der Waals surface area (Å²) in [7, 11) is 0. The SMILES string of the molecule is N[C@@]1(C(F)(F)F)COc2c1cc([C@@](O)(CNC(=O)c1cc(F)c3ncsc3c1)C1CC1)nc2-c1ccc(F)cc1. The van der Waals surface area contributed by atoms with Gasteiger partial charge in [0.25, 0.3) is 5.91 Å². The van der Waals surface area contributed by atoms with Gasteiger partial charge in [-0.3, -0.25) is 4.79 Å². The Hall–Kier alpha value is -3.68. The zero-order valence-electron chi connectivity index (χ0n) is 20.6. The number of nitrogens with zero attached hydrogens (tertiary/aromatic N) is 2. The van der Waals surface area contributed by atoms with Gasteiger partial charge in [0, 0.05) is 16.7 Å². The van der Waals surface area contributed by atoms with Crippen LogP contribution < -0.4 is 15.8 Å². The molecule has 2 aromatic carbocycles. The molecule has 3 heterocycles. The lowest BCUT2D eigenvalue weighted by atomic mass is 9.86. The van der Waals surface area contributed by atoms with Crippen molar-refractivity contribution in [3.05, 3.63) is 76.4 Å². The molecule has 4 aromatic rings. The Bertz CT molecular complexity index is 1640. The molecule has 1 fully saturated rings. The van der Waals surface area contributed by atoms with Gasteiger partial charge in [0.05, 0.1) is 22.4 Å². The molecule has 1 amide bonds. The van der Waals surface area contributed by atoms with E-state index >= 15 is 0 Å². The summed E-state index contributed by atoms with van der Waals surface area (Å²) in [5, 5.41) is 14.4. The Morgan fingerprint density at radius 2 is 1.90 bits per heavy atom. The second kappa shape index (κ2) is 9.18. The van der Waals surface area contributed by atoms with E-state index in [1.807, 2.05) is 0 Å². The van der Waals surface area contributed by atoms with Crippen LogP contribution in [0.25, 0.3) is 21.5 Å². The first-order valence-corrected chi connectivity index (χ1v) is 13.1. The number of carbonyl (C=O) groups is 1. The number of pyridine rings is 1. The summed E-state index contributed by atoms with van der Waals surface area (Å²) in [6.07, 6.45) is -3.84. The molecule has 0 saturated heterocycles. The highest BCUT2D eigenvalue weighted by Gasteiger charge is 2.59. The molecule has 1 aliphatic heterocycles. The molecular weight excluding hydrogens is 555 g/mol. The summed E-state index contributed by atoms with van der Waals surface area (Å²) in [6, 6.07) is 8.46. The van der Waals surface area contributed by atoms with Gasteiger partial charge in [-0.05, 0) is 61.2 Å². The van der Waals surface area contributed by atoms with Crippen LogP contribution in [-0.4, -0.2) is 40.3 Å². The Morgan fingerprint density at radius 3 is 2.58 bits per heavy atom. The first kappa shape index (κ1) is 26.5. The fourth-order valence-corrected chi connectivity index (χ4v) is 5.64. The maximum Gasteiger partial charge on any atom is 0.414 e. The third kappa shape index (κ3) is 4.28. The molecule has 0 bridgehead atoms. The van der Waals surface area contributed by atoms with E-state index in [1.54, 1.807) is 0 Å². The standard InChI is InChI=1S/C27H21F5N4O3S/c28-16-5-1-13(2-6-16)21-23-17(26(33,11-39-23)27(30,31)32)9-20(36-21)25(38,15-3-4-15)10-34-24(37)14-7-18(29)22-19(8-14)40-12-35-22/h1-2,5-9,12,15,38H,3-4,10-11,33H2,(H,34,37)/t25-,26+/m1/s1. The van der Waals surface area contributed by atoms with Crippen molar-refractivity contribution in [3.63, 3.8) is 0 Å². The number of nitrogens with two attached hydrogens (primary N) is 1. The van der Waals surface area contributed by atoms with E-state index in [-0.39, 0.29) is 33.8 Å². The van der Waals surface area contributed by atoms with Crippen LogP contribution in [0.4, 0.5) is 22.0 Å². The maximum atomic E-state index is 14.4. The van der Waals surface area contributed by atoms with E-state index in [9.17, 15) is 31.9 Å². The number of hydrogen-bond donors (Lipinski definition) is 3. The normalized spacial score (nSPS) is 20.2. The van der Waals surface area contributed by atoms with Crippen LogP contribution in [-0.2, 0) is 11.1 Å². The van der Waals surface area contributed by atoms with E-state index in [4.69, 9.17) is 10.5 Å². The van der Waals surface area contributed by atoms with Gasteiger partial charge in [0.1, 0.15) is 29.2 Å². The number of amides is 1. The fraction of sp³-hybridized carbons (Fsp3) is 0.296. The van der Waals surface area contributed by atoms with E-state index in [0.717, 1.165) is 35.6 Å². The number of thiazole rings is 1. The lowest BCUT2D eigenvalue weighted by Crippen LogP contribution is -2.52. The van der Waals surface area contributed by atoms with E-state index in [0.29, 0.717) is 17.5 Å². The summed E-state index contributed by atoms with van der Waals surface area (Å²) < 4.78 is 76.3. The molecule has 0 radical (unpaired) electrons. The minimum absolute atomic E-state index is 0.00671. The molecule has 7 nitrogen and oxygen atoms in total. The molecule has 2 aliphatic rings. The first-order valence-electron chi connectivity index (χ1n) is 12.2. The van der Waals surface area contributed by atoms with Crippen molar-refractivity contribution in [2.24, 2.45) is 11.7 Å². The van der Waals surface area contributed by atoms with Gasteiger partial charge in [-0.1, -0.05) is 0 Å². The van der Waals surface area contributed by atoms with Crippen LogP contribution in [0, 0.1) is 17.6 Å². The van der Waals surface area contributed by atoms with Crippen molar-refractivity contribution in [1.82, 2.24) is 15.3 Å². The number of aromatic nitrogens is 2. The van der Waals surface area contributed by atoms with Crippen molar-refractivity contribution in [1.29, 1.82) is 0 Å². The number of aliphatic hydroxyl groups is 1. The zero-order valence-corrected chi connectivity index (χ0v) is 21.4. The molecule has 13 heteroatoms. The Kier molecular flexibility index (Phi) is 6.09. The van der Waals surface area contributed by atoms with Crippen molar-refractivity contribution in [3.8, 4) is 17.0 Å². The quantitative estimate of drug-likeness (QED) is 0.285. The average molecular weight is 577 g/mol. The molecule has 2 atom stereocenters. The average Bonchev–Trinajstić information content (AvgIpc) is 3.57. The largest absolute Gasteiger partial charge is 0.488 e. The molecule has 0 spiro atoms.